The van der Waals surface area contributed by atoms with Crippen molar-refractivity contribution in [1.82, 2.24) is 0 Å². The first-order chi connectivity index (χ1) is 12.8. The molecule has 3 aliphatic carbocycles. The van der Waals surface area contributed by atoms with Gasteiger partial charge in [0.25, 0.3) is 0 Å². The Bertz CT molecular complexity index is 766. The topological polar surface area (TPSA) is 96.0 Å². The van der Waals surface area contributed by atoms with Gasteiger partial charge in [-0.2, -0.15) is 0 Å². The molecule has 7 nitrogen and oxygen atoms in total. The number of hydrogen-bond donors (Lipinski definition) is 0. The maximum absolute atomic E-state index is 12.9. The van der Waals surface area contributed by atoms with Crippen LogP contribution < -0.4 is 0 Å². The van der Waals surface area contributed by atoms with E-state index in [-0.39, 0.29) is 49.1 Å². The molecule has 0 aromatic heterocycles. The number of esters is 3. The van der Waals surface area contributed by atoms with Gasteiger partial charge in [-0.1, -0.05) is 5.57 Å². The molecule has 0 radical (unpaired) electrons. The lowest BCUT2D eigenvalue weighted by Gasteiger charge is -2.42. The van der Waals surface area contributed by atoms with Crippen LogP contribution in [0.5, 0.6) is 0 Å². The molecule has 4 aliphatic rings. The number of carbonyl (C=O) groups excluding carboxylic acids is 4. The Hall–Kier alpha value is -2.02. The number of allylic oxidation sites excluding steroid dienone is 1. The van der Waals surface area contributed by atoms with Crippen molar-refractivity contribution < 1.29 is 33.4 Å². The van der Waals surface area contributed by atoms with Crippen LogP contribution in [0.2, 0.25) is 0 Å². The molecule has 3 fully saturated rings. The van der Waals surface area contributed by atoms with Gasteiger partial charge in [0.05, 0.1) is 24.0 Å². The molecule has 0 spiro atoms. The van der Waals surface area contributed by atoms with Crippen molar-refractivity contribution >= 4 is 23.7 Å². The van der Waals surface area contributed by atoms with Crippen LogP contribution >= 0.6 is 0 Å². The Morgan fingerprint density at radius 3 is 2.67 bits per heavy atom. The molecule has 0 aromatic rings. The third-order valence-electron chi connectivity index (χ3n) is 6.99. The summed E-state index contributed by atoms with van der Waals surface area (Å²) >= 11 is 0. The van der Waals surface area contributed by atoms with Gasteiger partial charge in [-0.25, -0.2) is 0 Å². The van der Waals surface area contributed by atoms with Gasteiger partial charge in [-0.15, -0.1) is 0 Å². The van der Waals surface area contributed by atoms with Crippen molar-refractivity contribution in [1.29, 1.82) is 0 Å². The number of Topliss-reactive ketones (excluding diaryl/α,β-unsaturated/α-hetero) is 1. The maximum Gasteiger partial charge on any atom is 0.320 e. The monoisotopic (exact) mass is 376 g/mol. The quantitative estimate of drug-likeness (QED) is 0.543. The van der Waals surface area contributed by atoms with Crippen LogP contribution in [-0.4, -0.2) is 43.5 Å². The van der Waals surface area contributed by atoms with E-state index in [0.717, 1.165) is 5.57 Å². The van der Waals surface area contributed by atoms with E-state index in [0.29, 0.717) is 18.4 Å². The van der Waals surface area contributed by atoms with E-state index in [9.17, 15) is 19.2 Å². The largest absolute Gasteiger partial charge is 0.466 e. The third-order valence-corrected chi connectivity index (χ3v) is 6.99. The van der Waals surface area contributed by atoms with E-state index >= 15 is 0 Å². The normalized spacial score (nSPS) is 40.0. The zero-order valence-electron chi connectivity index (χ0n) is 15.8. The molecule has 4 rings (SSSR count). The van der Waals surface area contributed by atoms with Crippen molar-refractivity contribution in [2.24, 2.45) is 29.1 Å². The van der Waals surface area contributed by atoms with Crippen molar-refractivity contribution in [3.63, 3.8) is 0 Å². The molecule has 146 valence electrons. The molecule has 1 saturated heterocycles. The predicted molar refractivity (Wildman–Crippen MR) is 91.1 cm³/mol. The molecule has 27 heavy (non-hydrogen) atoms. The molecule has 0 aromatic carbocycles. The van der Waals surface area contributed by atoms with Crippen LogP contribution in [0.1, 0.15) is 39.5 Å². The minimum atomic E-state index is -1.01. The summed E-state index contributed by atoms with van der Waals surface area (Å²) in [5, 5.41) is 0. The lowest BCUT2D eigenvalue weighted by molar-refractivity contribution is -0.156. The predicted octanol–water partition coefficient (Wildman–Crippen LogP) is 1.59. The van der Waals surface area contributed by atoms with Gasteiger partial charge >= 0.3 is 17.9 Å². The fourth-order valence-electron chi connectivity index (χ4n) is 5.84. The van der Waals surface area contributed by atoms with Gasteiger partial charge in [0.15, 0.2) is 5.78 Å². The summed E-state index contributed by atoms with van der Waals surface area (Å²) in [6, 6.07) is 0. The first kappa shape index (κ1) is 18.3. The highest BCUT2D eigenvalue weighted by atomic mass is 16.6. The van der Waals surface area contributed by atoms with E-state index < -0.39 is 29.2 Å². The van der Waals surface area contributed by atoms with E-state index in [4.69, 9.17) is 14.2 Å². The number of methoxy groups -OCH3 is 1. The molecular weight excluding hydrogens is 352 g/mol. The second-order valence-corrected chi connectivity index (χ2v) is 8.18. The number of ketones is 1. The van der Waals surface area contributed by atoms with E-state index in [1.54, 1.807) is 21.0 Å². The number of fused-ring (bicyclic) bond motifs is 5. The van der Waals surface area contributed by atoms with Crippen LogP contribution in [0.3, 0.4) is 0 Å². The number of ether oxygens (including phenoxy) is 3. The molecule has 0 bridgehead atoms. The molecule has 0 amide bonds. The average molecular weight is 376 g/mol. The lowest BCUT2D eigenvalue weighted by atomic mass is 9.56. The average Bonchev–Trinajstić information content (AvgIpc) is 3.23. The summed E-state index contributed by atoms with van der Waals surface area (Å²) in [5.41, 5.74) is 0.558. The zero-order chi connectivity index (χ0) is 19.5. The Balaban J connectivity index is 1.81. The first-order valence-electron chi connectivity index (χ1n) is 9.53. The molecular formula is C20H24O7. The Kier molecular flexibility index (Phi) is 4.25. The molecule has 0 N–H and O–H groups in total. The minimum absolute atomic E-state index is 0.0275. The van der Waals surface area contributed by atoms with Gasteiger partial charge in [0.2, 0.25) is 0 Å². The number of carbonyl (C=O) groups is 4. The first-order valence-corrected chi connectivity index (χ1v) is 9.53. The van der Waals surface area contributed by atoms with Crippen LogP contribution in [0.25, 0.3) is 0 Å². The van der Waals surface area contributed by atoms with Crippen molar-refractivity contribution in [3.05, 3.63) is 11.1 Å². The Labute approximate surface area is 157 Å². The summed E-state index contributed by atoms with van der Waals surface area (Å²) in [7, 11) is 1.61. The van der Waals surface area contributed by atoms with Gasteiger partial charge in [-0.05, 0) is 44.1 Å². The van der Waals surface area contributed by atoms with Gasteiger partial charge in [0, 0.05) is 25.9 Å². The second kappa shape index (κ2) is 6.26. The summed E-state index contributed by atoms with van der Waals surface area (Å²) in [4.78, 5) is 50.3. The van der Waals surface area contributed by atoms with Crippen LogP contribution in [0.15, 0.2) is 11.1 Å². The number of cyclic esters (lactones) is 2. The summed E-state index contributed by atoms with van der Waals surface area (Å²) in [6.45, 7) is 3.76. The standard InChI is InChI=1S/C20H24O7/c1-4-26-14(22)6-9-5-13(21)16-11-7-10(25-3)8-12(11)20(2)17(15(9)16)18(23)27-19(20)24/h9-10,12,15,17H,4-8H2,1-3H3/t9-,10-,12+,15-,17+,20+/m0/s1. The molecule has 1 heterocycles. The Morgan fingerprint density at radius 2 is 2.00 bits per heavy atom. The van der Waals surface area contributed by atoms with E-state index in [1.807, 2.05) is 0 Å². The molecule has 6 atom stereocenters. The lowest BCUT2D eigenvalue weighted by Crippen LogP contribution is -2.47. The van der Waals surface area contributed by atoms with Crippen molar-refractivity contribution in [2.45, 2.75) is 45.6 Å². The summed E-state index contributed by atoms with van der Waals surface area (Å²) in [6.07, 6.45) is 1.34. The van der Waals surface area contributed by atoms with Gasteiger partial charge < -0.3 is 14.2 Å². The molecule has 0 unspecified atom stereocenters. The van der Waals surface area contributed by atoms with Crippen LogP contribution in [0, 0.1) is 29.1 Å². The van der Waals surface area contributed by atoms with Crippen molar-refractivity contribution in [2.75, 3.05) is 13.7 Å². The fourth-order valence-corrected chi connectivity index (χ4v) is 5.84. The number of rotatable bonds is 4. The SMILES string of the molecule is CCOC(=O)C[C@@H]1CC(=O)C2=C3C[C@H](OC)C[C@H]3[C@@]3(C)C(=O)OC(=O)[C@H]3[C@H]21. The fraction of sp³-hybridized carbons (Fsp3) is 0.700. The van der Waals surface area contributed by atoms with Crippen LogP contribution in [-0.2, 0) is 33.4 Å². The molecule has 7 heteroatoms. The minimum Gasteiger partial charge on any atom is -0.466 e. The summed E-state index contributed by atoms with van der Waals surface area (Å²) in [5.74, 6) is -3.28. The van der Waals surface area contributed by atoms with Crippen LogP contribution in [0.4, 0.5) is 0 Å². The highest BCUT2D eigenvalue weighted by Crippen LogP contribution is 2.63. The summed E-state index contributed by atoms with van der Waals surface area (Å²) < 4.78 is 15.6. The van der Waals surface area contributed by atoms with Gasteiger partial charge in [0.1, 0.15) is 0 Å². The van der Waals surface area contributed by atoms with E-state index in [2.05, 4.69) is 0 Å². The molecule has 2 saturated carbocycles. The highest BCUT2D eigenvalue weighted by molar-refractivity contribution is 6.06. The second-order valence-electron chi connectivity index (χ2n) is 8.18. The van der Waals surface area contributed by atoms with E-state index in [1.165, 1.54) is 0 Å². The zero-order valence-corrected chi connectivity index (χ0v) is 15.8. The Morgan fingerprint density at radius 1 is 1.26 bits per heavy atom. The van der Waals surface area contributed by atoms with Gasteiger partial charge in [-0.3, -0.25) is 19.2 Å². The third kappa shape index (κ3) is 2.43. The molecule has 1 aliphatic heterocycles. The van der Waals surface area contributed by atoms with Crippen molar-refractivity contribution in [3.8, 4) is 0 Å². The smallest absolute Gasteiger partial charge is 0.320 e. The number of hydrogen-bond acceptors (Lipinski definition) is 7. The maximum atomic E-state index is 12.9. The highest BCUT2D eigenvalue weighted by Gasteiger charge is 2.69.